The summed E-state index contributed by atoms with van der Waals surface area (Å²) in [6.07, 6.45) is 7.59. The molecule has 5 nitrogen and oxygen atoms in total. The molecule has 0 radical (unpaired) electrons. The van der Waals surface area contributed by atoms with Gasteiger partial charge in [-0.1, -0.05) is 36.8 Å². The van der Waals surface area contributed by atoms with E-state index in [0.717, 1.165) is 11.3 Å². The second-order valence-corrected chi connectivity index (χ2v) is 7.57. The van der Waals surface area contributed by atoms with Gasteiger partial charge in [-0.2, -0.15) is 8.42 Å². The van der Waals surface area contributed by atoms with E-state index in [4.69, 9.17) is 14.0 Å². The third-order valence-electron chi connectivity index (χ3n) is 4.70. The summed E-state index contributed by atoms with van der Waals surface area (Å²) < 4.78 is 40.7. The molecule has 3 aliphatic rings. The molecule has 6 heteroatoms. The molecule has 0 bridgehead atoms. The number of allylic oxidation sites excluding steroid dienone is 2. The van der Waals surface area contributed by atoms with Crippen LogP contribution in [0.3, 0.4) is 0 Å². The monoisotopic (exact) mass is 336 g/mol. The lowest BCUT2D eigenvalue weighted by molar-refractivity contribution is -0.122. The summed E-state index contributed by atoms with van der Waals surface area (Å²) in [7, 11) is -4.02. The minimum absolute atomic E-state index is 0.0608. The molecule has 3 unspecified atom stereocenters. The van der Waals surface area contributed by atoms with Crippen LogP contribution in [0.1, 0.15) is 18.9 Å². The molecule has 1 spiro atoms. The van der Waals surface area contributed by atoms with Crippen molar-refractivity contribution >= 4 is 10.1 Å². The minimum Gasteiger partial charge on any atom is -0.469 e. The maximum Gasteiger partial charge on any atom is 0.294 e. The molecule has 1 aromatic rings. The van der Waals surface area contributed by atoms with Gasteiger partial charge in [0.1, 0.15) is 11.4 Å². The molecular weight excluding hydrogens is 316 g/mol. The Morgan fingerprint density at radius 2 is 1.96 bits per heavy atom. The second-order valence-electron chi connectivity index (χ2n) is 6.15. The predicted octanol–water partition coefficient (Wildman–Crippen LogP) is 3.08. The third kappa shape index (κ3) is 2.82. The van der Waals surface area contributed by atoms with E-state index in [1.807, 2.05) is 13.0 Å². The summed E-state index contributed by atoms with van der Waals surface area (Å²) >= 11 is 0. The molecule has 0 amide bonds. The lowest BCUT2D eigenvalue weighted by atomic mass is 9.59. The first-order valence-corrected chi connectivity index (χ1v) is 8.98. The van der Waals surface area contributed by atoms with Crippen molar-refractivity contribution in [3.05, 3.63) is 53.8 Å². The molecule has 1 heterocycles. The summed E-state index contributed by atoms with van der Waals surface area (Å²) in [5.41, 5.74) is 0.895. The van der Waals surface area contributed by atoms with Crippen LogP contribution in [0, 0.1) is 18.8 Å². The topological polar surface area (TPSA) is 72.8 Å². The molecule has 0 aromatic heterocycles. The molecule has 1 aliphatic heterocycles. The van der Waals surface area contributed by atoms with Gasteiger partial charge in [0.05, 0.1) is 4.90 Å². The van der Waals surface area contributed by atoms with E-state index in [-0.39, 0.29) is 10.5 Å². The minimum atomic E-state index is -4.02. The van der Waals surface area contributed by atoms with Gasteiger partial charge in [0.25, 0.3) is 10.1 Å². The van der Waals surface area contributed by atoms with Gasteiger partial charge in [0.2, 0.25) is 0 Å². The normalized spacial score (nSPS) is 30.8. The van der Waals surface area contributed by atoms with Crippen LogP contribution < -0.4 is 0 Å². The first-order valence-electron chi connectivity index (χ1n) is 7.54. The summed E-state index contributed by atoms with van der Waals surface area (Å²) in [5, 5.41) is 0. The zero-order chi connectivity index (χ0) is 16.7. The maximum atomic E-state index is 10.5. The highest BCUT2D eigenvalue weighted by molar-refractivity contribution is 7.85. The first kappa shape index (κ1) is 16.2. The van der Waals surface area contributed by atoms with Crippen LogP contribution in [-0.4, -0.2) is 25.4 Å². The Labute approximate surface area is 136 Å². The molecule has 2 aliphatic carbocycles. The van der Waals surface area contributed by atoms with E-state index in [1.54, 1.807) is 12.1 Å². The molecule has 3 atom stereocenters. The Morgan fingerprint density at radius 3 is 2.52 bits per heavy atom. The van der Waals surface area contributed by atoms with Crippen LogP contribution in [0.15, 0.2) is 53.1 Å². The van der Waals surface area contributed by atoms with Crippen molar-refractivity contribution in [2.24, 2.45) is 11.8 Å². The van der Waals surface area contributed by atoms with Crippen molar-refractivity contribution in [2.45, 2.75) is 30.8 Å². The molecule has 1 saturated carbocycles. The van der Waals surface area contributed by atoms with E-state index in [2.05, 4.69) is 19.1 Å². The Kier molecular flexibility index (Phi) is 4.08. The van der Waals surface area contributed by atoms with E-state index >= 15 is 0 Å². The van der Waals surface area contributed by atoms with Gasteiger partial charge in [0, 0.05) is 5.92 Å². The third-order valence-corrected chi connectivity index (χ3v) is 5.57. The molecule has 124 valence electrons. The Bertz CT molecular complexity index is 748. The van der Waals surface area contributed by atoms with E-state index < -0.39 is 10.1 Å². The van der Waals surface area contributed by atoms with Crippen molar-refractivity contribution in [1.29, 1.82) is 0 Å². The maximum absolute atomic E-state index is 10.5. The average Bonchev–Trinajstić information content (AvgIpc) is 2.94. The number of rotatable bonds is 1. The fourth-order valence-corrected chi connectivity index (χ4v) is 3.85. The predicted molar refractivity (Wildman–Crippen MR) is 85.3 cm³/mol. The Morgan fingerprint density at radius 1 is 1.26 bits per heavy atom. The highest BCUT2D eigenvalue weighted by Gasteiger charge is 2.60. The lowest BCUT2D eigenvalue weighted by Crippen LogP contribution is -2.55. The van der Waals surface area contributed by atoms with Gasteiger partial charge in [0.15, 0.2) is 6.79 Å². The van der Waals surface area contributed by atoms with Crippen molar-refractivity contribution in [1.82, 2.24) is 0 Å². The van der Waals surface area contributed by atoms with Crippen LogP contribution >= 0.6 is 0 Å². The zero-order valence-electron chi connectivity index (χ0n) is 13.1. The van der Waals surface area contributed by atoms with E-state index in [1.165, 1.54) is 18.6 Å². The van der Waals surface area contributed by atoms with Crippen molar-refractivity contribution in [2.75, 3.05) is 6.79 Å². The van der Waals surface area contributed by atoms with Crippen LogP contribution in [-0.2, 0) is 19.6 Å². The molecule has 2 fully saturated rings. The number of hydrogen-bond acceptors (Lipinski definition) is 4. The van der Waals surface area contributed by atoms with Gasteiger partial charge < -0.3 is 9.47 Å². The van der Waals surface area contributed by atoms with Gasteiger partial charge in [-0.05, 0) is 37.5 Å². The highest BCUT2D eigenvalue weighted by Crippen LogP contribution is 2.56. The lowest BCUT2D eigenvalue weighted by Gasteiger charge is -2.50. The van der Waals surface area contributed by atoms with Crippen LogP contribution in [0.5, 0.6) is 0 Å². The van der Waals surface area contributed by atoms with E-state index in [9.17, 15) is 8.42 Å². The largest absolute Gasteiger partial charge is 0.469 e. The highest BCUT2D eigenvalue weighted by atomic mass is 32.2. The first-order chi connectivity index (χ1) is 10.8. The van der Waals surface area contributed by atoms with Gasteiger partial charge in [-0.3, -0.25) is 4.55 Å². The van der Waals surface area contributed by atoms with Crippen LogP contribution in [0.25, 0.3) is 0 Å². The fraction of sp³-hybridized carbons (Fsp3) is 0.412. The molecule has 23 heavy (non-hydrogen) atoms. The summed E-state index contributed by atoms with van der Waals surface area (Å²) in [4.78, 5) is -0.0666. The standard InChI is InChI=1S/C10H12O2.C7H8O3S/c1-7-5-8-3-2-4-9-10(7,8)12-6-11-9;1-6-2-4-7(5-3-6)11(8,9)10/h2-4,7-8H,5-6H2,1H3;2-5H,1H3,(H,8,9,10). The number of hydrogen-bond donors (Lipinski definition) is 1. The van der Waals surface area contributed by atoms with Crippen molar-refractivity contribution in [3.63, 3.8) is 0 Å². The van der Waals surface area contributed by atoms with Crippen molar-refractivity contribution in [3.8, 4) is 0 Å². The van der Waals surface area contributed by atoms with Gasteiger partial charge in [-0.15, -0.1) is 0 Å². The molecule has 1 N–H and O–H groups in total. The van der Waals surface area contributed by atoms with Gasteiger partial charge in [-0.25, -0.2) is 0 Å². The average molecular weight is 336 g/mol. The van der Waals surface area contributed by atoms with Crippen LogP contribution in [0.2, 0.25) is 0 Å². The summed E-state index contributed by atoms with van der Waals surface area (Å²) in [6, 6.07) is 5.99. The summed E-state index contributed by atoms with van der Waals surface area (Å²) in [5.74, 6) is 2.23. The fourth-order valence-electron chi connectivity index (χ4n) is 3.37. The molecule has 1 saturated heterocycles. The quantitative estimate of drug-likeness (QED) is 0.798. The Balaban J connectivity index is 0.000000137. The summed E-state index contributed by atoms with van der Waals surface area (Å²) in [6.45, 7) is 4.51. The van der Waals surface area contributed by atoms with Crippen LogP contribution in [0.4, 0.5) is 0 Å². The van der Waals surface area contributed by atoms with Gasteiger partial charge >= 0.3 is 0 Å². The molecule has 4 rings (SSSR count). The van der Waals surface area contributed by atoms with E-state index in [0.29, 0.717) is 18.6 Å². The smallest absolute Gasteiger partial charge is 0.294 e. The SMILES string of the molecule is CC1CC2C=CC=C3OCOC312.Cc1ccc(S(=O)(=O)O)cc1. The van der Waals surface area contributed by atoms with Crippen molar-refractivity contribution < 1.29 is 22.4 Å². The number of ether oxygens (including phenoxy) is 2. The molecular formula is C17H20O5S. The number of aryl methyl sites for hydroxylation is 1. The number of benzene rings is 1. The molecule has 1 aromatic carbocycles. The zero-order valence-corrected chi connectivity index (χ0v) is 13.9. The Hall–Kier alpha value is -1.63. The second kappa shape index (κ2) is 5.78.